The second-order valence-electron chi connectivity index (χ2n) is 6.53. The largest absolute Gasteiger partial charge is 0.417 e. The van der Waals surface area contributed by atoms with E-state index >= 15 is 0 Å². The van der Waals surface area contributed by atoms with Crippen molar-refractivity contribution in [2.45, 2.75) is 6.18 Å². The van der Waals surface area contributed by atoms with Crippen LogP contribution in [0.15, 0.2) is 48.7 Å². The Balaban J connectivity index is 1.42. The summed E-state index contributed by atoms with van der Waals surface area (Å²) in [5.41, 5.74) is 4.39. The number of benzene rings is 1. The number of aromatic nitrogens is 1. The molecule has 1 aromatic carbocycles. The van der Waals surface area contributed by atoms with Gasteiger partial charge in [-0.25, -0.2) is 4.98 Å². The first-order valence-electron chi connectivity index (χ1n) is 8.98. The van der Waals surface area contributed by atoms with E-state index in [9.17, 15) is 22.8 Å². The number of hydrogen-bond acceptors (Lipinski definition) is 5. The highest BCUT2D eigenvalue weighted by Gasteiger charge is 2.31. The highest BCUT2D eigenvalue weighted by Crippen LogP contribution is 2.29. The number of carbonyl (C=O) groups is 2. The number of piperazine rings is 1. The average Bonchev–Trinajstić information content (AvgIpc) is 2.73. The van der Waals surface area contributed by atoms with Gasteiger partial charge in [0, 0.05) is 37.9 Å². The van der Waals surface area contributed by atoms with Gasteiger partial charge < -0.3 is 4.90 Å². The lowest BCUT2D eigenvalue weighted by atomic mass is 10.2. The molecule has 154 valence electrons. The highest BCUT2D eigenvalue weighted by molar-refractivity contribution is 5.95. The third kappa shape index (κ3) is 5.67. The molecule has 0 spiro atoms. The van der Waals surface area contributed by atoms with E-state index in [0.29, 0.717) is 37.6 Å². The first kappa shape index (κ1) is 20.6. The van der Waals surface area contributed by atoms with Crippen molar-refractivity contribution in [1.82, 2.24) is 20.7 Å². The van der Waals surface area contributed by atoms with Crippen LogP contribution < -0.4 is 15.8 Å². The van der Waals surface area contributed by atoms with Crippen LogP contribution >= 0.6 is 0 Å². The Morgan fingerprint density at radius 2 is 1.66 bits per heavy atom. The number of nitrogens with one attached hydrogen (secondary N) is 2. The van der Waals surface area contributed by atoms with Gasteiger partial charge in [-0.3, -0.25) is 25.3 Å². The molecule has 1 saturated heterocycles. The van der Waals surface area contributed by atoms with Gasteiger partial charge >= 0.3 is 6.18 Å². The van der Waals surface area contributed by atoms with Crippen molar-refractivity contribution in [3.8, 4) is 0 Å². The Bertz CT molecular complexity index is 835. The molecule has 1 aliphatic heterocycles. The second-order valence-corrected chi connectivity index (χ2v) is 6.53. The zero-order valence-electron chi connectivity index (χ0n) is 15.4. The van der Waals surface area contributed by atoms with E-state index in [1.165, 1.54) is 6.07 Å². The molecule has 2 amide bonds. The normalized spacial score (nSPS) is 15.1. The molecule has 0 bridgehead atoms. The molecule has 2 N–H and O–H groups in total. The van der Waals surface area contributed by atoms with Crippen LogP contribution in [0.1, 0.15) is 15.9 Å². The summed E-state index contributed by atoms with van der Waals surface area (Å²) in [6.45, 7) is 2.25. The molecule has 2 aromatic rings. The minimum atomic E-state index is -4.41. The first-order chi connectivity index (χ1) is 13.8. The minimum Gasteiger partial charge on any atom is -0.354 e. The Morgan fingerprint density at radius 3 is 2.24 bits per heavy atom. The summed E-state index contributed by atoms with van der Waals surface area (Å²) in [6, 6.07) is 10.9. The number of hydrogen-bond donors (Lipinski definition) is 2. The summed E-state index contributed by atoms with van der Waals surface area (Å²) >= 11 is 0. The van der Waals surface area contributed by atoms with E-state index in [2.05, 4.69) is 15.8 Å². The topological polar surface area (TPSA) is 77.6 Å². The number of alkyl halides is 3. The van der Waals surface area contributed by atoms with Crippen LogP contribution in [0.3, 0.4) is 0 Å². The molecule has 1 fully saturated rings. The van der Waals surface area contributed by atoms with Crippen LogP contribution in [0.4, 0.5) is 19.0 Å². The molecule has 29 heavy (non-hydrogen) atoms. The summed E-state index contributed by atoms with van der Waals surface area (Å²) in [7, 11) is 0. The lowest BCUT2D eigenvalue weighted by molar-refractivity contribution is -0.137. The molecule has 0 atom stereocenters. The first-order valence-corrected chi connectivity index (χ1v) is 8.98. The van der Waals surface area contributed by atoms with E-state index in [1.807, 2.05) is 9.80 Å². The standard InChI is InChI=1S/C19H20F3N5O2/c20-19(21,22)15-6-7-16(23-12-15)27-10-8-26(9-11-27)13-17(28)24-25-18(29)14-4-2-1-3-5-14/h1-7,12H,8-11,13H2,(H,24,28)(H,25,29). The van der Waals surface area contributed by atoms with E-state index in [4.69, 9.17) is 0 Å². The Morgan fingerprint density at radius 1 is 0.966 bits per heavy atom. The Kier molecular flexibility index (Phi) is 6.32. The van der Waals surface area contributed by atoms with Crippen LogP contribution in [0.25, 0.3) is 0 Å². The lowest BCUT2D eigenvalue weighted by Crippen LogP contribution is -2.52. The van der Waals surface area contributed by atoms with Crippen LogP contribution in [-0.2, 0) is 11.0 Å². The Hall–Kier alpha value is -3.14. The fourth-order valence-corrected chi connectivity index (χ4v) is 2.91. The molecule has 0 saturated carbocycles. The van der Waals surface area contributed by atoms with Gasteiger partial charge in [-0.15, -0.1) is 0 Å². The number of pyridine rings is 1. The zero-order valence-corrected chi connectivity index (χ0v) is 15.4. The third-order valence-corrected chi connectivity index (χ3v) is 4.49. The van der Waals surface area contributed by atoms with E-state index in [1.54, 1.807) is 30.3 Å². The van der Waals surface area contributed by atoms with Gasteiger partial charge in [-0.1, -0.05) is 18.2 Å². The number of amides is 2. The van der Waals surface area contributed by atoms with Gasteiger partial charge in [-0.2, -0.15) is 13.2 Å². The minimum absolute atomic E-state index is 0.101. The maximum atomic E-state index is 12.6. The number of carbonyl (C=O) groups excluding carboxylic acids is 2. The molecule has 7 nitrogen and oxygen atoms in total. The molecule has 1 aromatic heterocycles. The number of halogens is 3. The fraction of sp³-hybridized carbons (Fsp3) is 0.316. The number of anilines is 1. The quantitative estimate of drug-likeness (QED) is 0.755. The average molecular weight is 407 g/mol. The molecular weight excluding hydrogens is 387 g/mol. The molecule has 0 unspecified atom stereocenters. The fourth-order valence-electron chi connectivity index (χ4n) is 2.91. The predicted octanol–water partition coefficient (Wildman–Crippen LogP) is 1.68. The molecule has 0 radical (unpaired) electrons. The van der Waals surface area contributed by atoms with Gasteiger partial charge in [0.1, 0.15) is 5.82 Å². The SMILES string of the molecule is O=C(CN1CCN(c2ccc(C(F)(F)F)cn2)CC1)NNC(=O)c1ccccc1. The maximum Gasteiger partial charge on any atom is 0.417 e. The number of hydrazine groups is 1. The van der Waals surface area contributed by atoms with Crippen LogP contribution in [0.5, 0.6) is 0 Å². The summed E-state index contributed by atoms with van der Waals surface area (Å²) in [6.07, 6.45) is -3.59. The van der Waals surface area contributed by atoms with Gasteiger partial charge in [0.25, 0.3) is 11.8 Å². The molecule has 2 heterocycles. The van der Waals surface area contributed by atoms with Crippen molar-refractivity contribution in [2.75, 3.05) is 37.6 Å². The maximum absolute atomic E-state index is 12.6. The summed E-state index contributed by atoms with van der Waals surface area (Å²) in [5, 5.41) is 0. The van der Waals surface area contributed by atoms with Crippen molar-refractivity contribution in [1.29, 1.82) is 0 Å². The van der Waals surface area contributed by atoms with Crippen molar-refractivity contribution >= 4 is 17.6 Å². The number of rotatable bonds is 4. The molecule has 10 heteroatoms. The van der Waals surface area contributed by atoms with E-state index < -0.39 is 17.6 Å². The van der Waals surface area contributed by atoms with Gasteiger partial charge in [0.05, 0.1) is 12.1 Å². The molecule has 0 aliphatic carbocycles. The van der Waals surface area contributed by atoms with Crippen molar-refractivity contribution in [3.63, 3.8) is 0 Å². The van der Waals surface area contributed by atoms with Crippen molar-refractivity contribution in [3.05, 3.63) is 59.8 Å². The van der Waals surface area contributed by atoms with E-state index in [0.717, 1.165) is 12.3 Å². The Labute approximate surface area is 165 Å². The summed E-state index contributed by atoms with van der Waals surface area (Å²) < 4.78 is 37.9. The van der Waals surface area contributed by atoms with Crippen LogP contribution in [0, 0.1) is 0 Å². The van der Waals surface area contributed by atoms with Crippen molar-refractivity contribution < 1.29 is 22.8 Å². The summed E-state index contributed by atoms with van der Waals surface area (Å²) in [5.74, 6) is -0.287. The van der Waals surface area contributed by atoms with Gasteiger partial charge in [0.2, 0.25) is 0 Å². The predicted molar refractivity (Wildman–Crippen MR) is 99.9 cm³/mol. The molecular formula is C19H20F3N5O2. The second kappa shape index (κ2) is 8.91. The highest BCUT2D eigenvalue weighted by atomic mass is 19.4. The van der Waals surface area contributed by atoms with Gasteiger partial charge in [-0.05, 0) is 24.3 Å². The number of nitrogens with zero attached hydrogens (tertiary/aromatic N) is 3. The van der Waals surface area contributed by atoms with Crippen LogP contribution in [-0.4, -0.2) is 54.4 Å². The lowest BCUT2D eigenvalue weighted by Gasteiger charge is -2.35. The van der Waals surface area contributed by atoms with Crippen molar-refractivity contribution in [2.24, 2.45) is 0 Å². The molecule has 1 aliphatic rings. The smallest absolute Gasteiger partial charge is 0.354 e. The van der Waals surface area contributed by atoms with E-state index in [-0.39, 0.29) is 12.5 Å². The zero-order chi connectivity index (χ0) is 20.9. The van der Waals surface area contributed by atoms with Crippen LogP contribution in [0.2, 0.25) is 0 Å². The monoisotopic (exact) mass is 407 g/mol. The molecule has 3 rings (SSSR count). The third-order valence-electron chi connectivity index (χ3n) is 4.49. The van der Waals surface area contributed by atoms with Gasteiger partial charge in [0.15, 0.2) is 0 Å². The summed E-state index contributed by atoms with van der Waals surface area (Å²) in [4.78, 5) is 31.6.